The Labute approximate surface area is 588 Å². The van der Waals surface area contributed by atoms with Crippen molar-refractivity contribution in [3.05, 3.63) is 0 Å². The van der Waals surface area contributed by atoms with Crippen molar-refractivity contribution in [2.24, 2.45) is 17.8 Å². The molecule has 0 aromatic heterocycles. The van der Waals surface area contributed by atoms with E-state index >= 15 is 0 Å². The van der Waals surface area contributed by atoms with Crippen molar-refractivity contribution in [2.75, 3.05) is 39.6 Å². The third-order valence-electron chi connectivity index (χ3n) is 18.6. The van der Waals surface area contributed by atoms with Gasteiger partial charge in [-0.3, -0.25) is 37.3 Å². The molecule has 0 aromatic rings. The molecular formula is C77H150O17P2. The lowest BCUT2D eigenvalue weighted by Gasteiger charge is -2.21. The highest BCUT2D eigenvalue weighted by Crippen LogP contribution is 2.45. The van der Waals surface area contributed by atoms with Gasteiger partial charge in [0, 0.05) is 25.7 Å². The number of aliphatic hydroxyl groups excluding tert-OH is 1. The molecule has 0 radical (unpaired) electrons. The lowest BCUT2D eigenvalue weighted by molar-refractivity contribution is -0.161. The minimum atomic E-state index is -4.96. The van der Waals surface area contributed by atoms with Gasteiger partial charge < -0.3 is 33.8 Å². The molecule has 0 heterocycles. The van der Waals surface area contributed by atoms with Crippen molar-refractivity contribution in [1.29, 1.82) is 0 Å². The van der Waals surface area contributed by atoms with Crippen molar-refractivity contribution < 1.29 is 80.2 Å². The van der Waals surface area contributed by atoms with Crippen LogP contribution in [-0.2, 0) is 65.4 Å². The average molecular weight is 1410 g/mol. The van der Waals surface area contributed by atoms with Gasteiger partial charge in [0.25, 0.3) is 0 Å². The predicted molar refractivity (Wildman–Crippen MR) is 391 cm³/mol. The molecule has 0 saturated heterocycles. The van der Waals surface area contributed by atoms with Gasteiger partial charge in [0.1, 0.15) is 19.3 Å². The Morgan fingerprint density at radius 1 is 0.302 bits per heavy atom. The number of esters is 4. The Morgan fingerprint density at radius 3 is 0.792 bits per heavy atom. The van der Waals surface area contributed by atoms with Crippen molar-refractivity contribution in [3.63, 3.8) is 0 Å². The summed E-state index contributed by atoms with van der Waals surface area (Å²) in [6.45, 7) is 11.9. The Morgan fingerprint density at radius 2 is 0.531 bits per heavy atom. The highest BCUT2D eigenvalue weighted by Gasteiger charge is 2.30. The molecule has 96 heavy (non-hydrogen) atoms. The van der Waals surface area contributed by atoms with Crippen LogP contribution in [0.5, 0.6) is 0 Å². The number of unbranched alkanes of at least 4 members (excludes halogenated alkanes) is 41. The molecule has 570 valence electrons. The molecule has 0 rings (SSSR count). The minimum Gasteiger partial charge on any atom is -0.462 e. The first-order valence-electron chi connectivity index (χ1n) is 39.9. The van der Waals surface area contributed by atoms with E-state index in [0.29, 0.717) is 31.6 Å². The molecule has 0 amide bonds. The number of ether oxygens (including phenoxy) is 4. The maximum Gasteiger partial charge on any atom is 0.472 e. The summed E-state index contributed by atoms with van der Waals surface area (Å²) >= 11 is 0. The van der Waals surface area contributed by atoms with E-state index < -0.39 is 97.5 Å². The first kappa shape index (κ1) is 94.1. The zero-order valence-electron chi connectivity index (χ0n) is 62.8. The molecule has 3 N–H and O–H groups in total. The molecule has 0 saturated carbocycles. The van der Waals surface area contributed by atoms with Crippen molar-refractivity contribution in [2.45, 2.75) is 414 Å². The smallest absolute Gasteiger partial charge is 0.462 e. The number of phosphoric acid groups is 2. The lowest BCUT2D eigenvalue weighted by Crippen LogP contribution is -2.30. The van der Waals surface area contributed by atoms with Crippen LogP contribution in [0.4, 0.5) is 0 Å². The summed E-state index contributed by atoms with van der Waals surface area (Å²) in [5, 5.41) is 10.6. The third-order valence-corrected chi connectivity index (χ3v) is 20.5. The standard InChI is InChI=1S/C77H150O17P2/c1-8-11-12-13-14-15-24-32-37-46-53-60-76(81)94-73(65-88-75(80)59-52-45-40-39-41-48-55-68(4)5)67-92-96(85,86)90-63-71(78)62-89-95(83,84)91-66-72(64-87-74(79)58-51-44-36-31-28-27-30-35-43-50-57-70(7)10-3)93-77(82)61-54-47-38-33-26-23-21-19-17-16-18-20-22-25-29-34-42-49-56-69(6)9-2/h68-73,78H,8-67H2,1-7H3,(H,83,84)(H,85,86)/t69?,70?,71-,72-,73-/m1/s1. The third kappa shape index (κ3) is 67.9. The molecule has 0 aromatic carbocycles. The van der Waals surface area contributed by atoms with Gasteiger partial charge in [-0.15, -0.1) is 0 Å². The molecule has 0 spiro atoms. The van der Waals surface area contributed by atoms with Crippen LogP contribution in [0.1, 0.15) is 395 Å². The summed E-state index contributed by atoms with van der Waals surface area (Å²) in [7, 11) is -9.91. The van der Waals surface area contributed by atoms with E-state index in [1.165, 1.54) is 199 Å². The second-order valence-corrected chi connectivity index (χ2v) is 31.6. The molecular weight excluding hydrogens is 1260 g/mol. The first-order chi connectivity index (χ1) is 46.3. The topological polar surface area (TPSA) is 237 Å². The van der Waals surface area contributed by atoms with Gasteiger partial charge in [-0.25, -0.2) is 9.13 Å². The molecule has 0 fully saturated rings. The normalized spacial score (nSPS) is 14.6. The van der Waals surface area contributed by atoms with E-state index in [9.17, 15) is 43.2 Å². The first-order valence-corrected chi connectivity index (χ1v) is 42.9. The van der Waals surface area contributed by atoms with E-state index in [0.717, 1.165) is 108 Å². The van der Waals surface area contributed by atoms with Gasteiger partial charge in [0.05, 0.1) is 26.4 Å². The Kier molecular flexibility index (Phi) is 66.2. The second-order valence-electron chi connectivity index (χ2n) is 28.7. The van der Waals surface area contributed by atoms with Crippen LogP contribution in [0.2, 0.25) is 0 Å². The summed E-state index contributed by atoms with van der Waals surface area (Å²) in [6, 6.07) is 0. The fourth-order valence-electron chi connectivity index (χ4n) is 11.7. The SMILES string of the molecule is CCCCCCCCCCCCCC(=O)O[C@H](COC(=O)CCCCCCCCC(C)C)COP(=O)(O)OC[C@H](O)COP(=O)(O)OC[C@@H](COC(=O)CCCCCCCCCCCCC(C)CC)OC(=O)CCCCCCCCCCCCCCCCCCCCC(C)CC. The zero-order valence-corrected chi connectivity index (χ0v) is 64.6. The van der Waals surface area contributed by atoms with Crippen molar-refractivity contribution in [1.82, 2.24) is 0 Å². The molecule has 0 aliphatic heterocycles. The van der Waals surface area contributed by atoms with Gasteiger partial charge in [0.2, 0.25) is 0 Å². The number of rotatable bonds is 75. The maximum atomic E-state index is 13.1. The van der Waals surface area contributed by atoms with Gasteiger partial charge >= 0.3 is 39.5 Å². The van der Waals surface area contributed by atoms with Crippen LogP contribution in [0, 0.1) is 17.8 Å². The average Bonchev–Trinajstić information content (AvgIpc) is 1.18. The van der Waals surface area contributed by atoms with Crippen LogP contribution >= 0.6 is 15.6 Å². The highest BCUT2D eigenvalue weighted by atomic mass is 31.2. The molecule has 0 aliphatic carbocycles. The summed E-state index contributed by atoms with van der Waals surface area (Å²) in [5.74, 6) is 0.241. The minimum absolute atomic E-state index is 0.106. The predicted octanol–water partition coefficient (Wildman–Crippen LogP) is 22.6. The molecule has 4 unspecified atom stereocenters. The van der Waals surface area contributed by atoms with Gasteiger partial charge in [-0.2, -0.15) is 0 Å². The molecule has 7 atom stereocenters. The zero-order chi connectivity index (χ0) is 70.9. The molecule has 17 nitrogen and oxygen atoms in total. The van der Waals surface area contributed by atoms with Crippen molar-refractivity contribution in [3.8, 4) is 0 Å². The van der Waals surface area contributed by atoms with Gasteiger partial charge in [0.15, 0.2) is 12.2 Å². The number of phosphoric ester groups is 2. The molecule has 0 aliphatic rings. The van der Waals surface area contributed by atoms with E-state index in [1.807, 2.05) is 0 Å². The Bertz CT molecular complexity index is 1870. The number of hydrogen-bond acceptors (Lipinski definition) is 15. The van der Waals surface area contributed by atoms with Gasteiger partial charge in [-0.05, 0) is 43.4 Å². The number of carbonyl (C=O) groups excluding carboxylic acids is 4. The number of carbonyl (C=O) groups is 4. The summed E-state index contributed by atoms with van der Waals surface area (Å²) in [5.41, 5.74) is 0. The van der Waals surface area contributed by atoms with E-state index in [4.69, 9.17) is 37.0 Å². The van der Waals surface area contributed by atoms with E-state index in [2.05, 4.69) is 48.5 Å². The molecule has 19 heteroatoms. The monoisotopic (exact) mass is 1410 g/mol. The maximum absolute atomic E-state index is 13.1. The number of hydrogen-bond donors (Lipinski definition) is 3. The summed E-state index contributed by atoms with van der Waals surface area (Å²) in [6.07, 6.45) is 54.2. The summed E-state index contributed by atoms with van der Waals surface area (Å²) in [4.78, 5) is 72.7. The van der Waals surface area contributed by atoms with Gasteiger partial charge in [-0.1, -0.05) is 344 Å². The Hall–Kier alpha value is -1.94. The van der Waals surface area contributed by atoms with Crippen LogP contribution in [-0.4, -0.2) is 96.7 Å². The lowest BCUT2D eigenvalue weighted by atomic mass is 9.99. The van der Waals surface area contributed by atoms with Crippen molar-refractivity contribution >= 4 is 39.5 Å². The fraction of sp³-hybridized carbons (Fsp3) is 0.948. The van der Waals surface area contributed by atoms with Crippen LogP contribution in [0.3, 0.4) is 0 Å². The largest absolute Gasteiger partial charge is 0.472 e. The molecule has 0 bridgehead atoms. The second kappa shape index (κ2) is 67.5. The fourth-order valence-corrected chi connectivity index (χ4v) is 13.3. The summed E-state index contributed by atoms with van der Waals surface area (Å²) < 4.78 is 68.5. The van der Waals surface area contributed by atoms with Crippen LogP contribution in [0.15, 0.2) is 0 Å². The number of aliphatic hydroxyl groups is 1. The highest BCUT2D eigenvalue weighted by molar-refractivity contribution is 7.47. The van der Waals surface area contributed by atoms with Crippen LogP contribution in [0.25, 0.3) is 0 Å². The Balaban J connectivity index is 5.19. The quantitative estimate of drug-likeness (QED) is 0.0222. The van der Waals surface area contributed by atoms with E-state index in [1.54, 1.807) is 0 Å². The van der Waals surface area contributed by atoms with Crippen LogP contribution < -0.4 is 0 Å². The van der Waals surface area contributed by atoms with E-state index in [-0.39, 0.29) is 25.7 Å².